The van der Waals surface area contributed by atoms with Gasteiger partial charge in [-0.2, -0.15) is 0 Å². The maximum atomic E-state index is 12.1. The molecule has 104 valence electrons. The summed E-state index contributed by atoms with van der Waals surface area (Å²) in [6, 6.07) is 3.43. The Morgan fingerprint density at radius 1 is 1.32 bits per heavy atom. The Balaban J connectivity index is 2.98. The predicted octanol–water partition coefficient (Wildman–Crippen LogP) is 0.934. The summed E-state index contributed by atoms with van der Waals surface area (Å²) in [5, 5.41) is 20.2. The van der Waals surface area contributed by atoms with Gasteiger partial charge in [0.05, 0.1) is 4.92 Å². The van der Waals surface area contributed by atoms with Crippen LogP contribution in [0, 0.1) is 10.1 Å². The number of hydrogen-bond donors (Lipinski definition) is 1. The van der Waals surface area contributed by atoms with Crippen molar-refractivity contribution in [3.63, 3.8) is 0 Å². The van der Waals surface area contributed by atoms with E-state index in [1.165, 1.54) is 11.0 Å². The molecule has 0 spiro atoms. The Bertz CT molecular complexity index is 488. The van der Waals surface area contributed by atoms with E-state index in [4.69, 9.17) is 0 Å². The fourth-order valence-corrected chi connectivity index (χ4v) is 1.51. The number of phenols is 1. The third-order valence-corrected chi connectivity index (χ3v) is 2.64. The highest BCUT2D eigenvalue weighted by Gasteiger charge is 2.23. The summed E-state index contributed by atoms with van der Waals surface area (Å²) in [6.07, 6.45) is 0. The molecule has 0 bridgehead atoms. The Morgan fingerprint density at radius 3 is 2.47 bits per heavy atom. The van der Waals surface area contributed by atoms with Gasteiger partial charge in [-0.15, -0.1) is 0 Å². The monoisotopic (exact) mass is 267 g/mol. The third-order valence-electron chi connectivity index (χ3n) is 2.64. The van der Waals surface area contributed by atoms with Gasteiger partial charge in [0, 0.05) is 26.2 Å². The molecule has 1 amide bonds. The van der Waals surface area contributed by atoms with Gasteiger partial charge >= 0.3 is 0 Å². The number of nitrogens with zero attached hydrogens (tertiary/aromatic N) is 3. The molecule has 0 fully saturated rings. The molecule has 0 saturated heterocycles. The molecule has 7 heteroatoms. The fourth-order valence-electron chi connectivity index (χ4n) is 1.51. The largest absolute Gasteiger partial charge is 0.508 e. The summed E-state index contributed by atoms with van der Waals surface area (Å²) in [7, 11) is 5.31. The Labute approximate surface area is 111 Å². The summed E-state index contributed by atoms with van der Waals surface area (Å²) in [6.45, 7) is 1.09. The molecular weight excluding hydrogens is 250 g/mol. The molecular formula is C12H17N3O4. The van der Waals surface area contributed by atoms with Crippen molar-refractivity contribution in [2.75, 3.05) is 34.2 Å². The molecule has 0 heterocycles. The lowest BCUT2D eigenvalue weighted by Crippen LogP contribution is -2.33. The van der Waals surface area contributed by atoms with E-state index in [2.05, 4.69) is 0 Å². The standard InChI is InChI=1S/C12H17N3O4/c1-13(2)6-7-14(3)12(17)10-8-9(16)4-5-11(10)15(18)19/h4-5,8,16H,6-7H2,1-3H3. The van der Waals surface area contributed by atoms with Gasteiger partial charge in [0.15, 0.2) is 0 Å². The van der Waals surface area contributed by atoms with Crippen LogP contribution in [-0.4, -0.2) is 60.0 Å². The van der Waals surface area contributed by atoms with Crippen LogP contribution in [0.4, 0.5) is 5.69 Å². The maximum Gasteiger partial charge on any atom is 0.282 e. The minimum absolute atomic E-state index is 0.105. The number of amides is 1. The summed E-state index contributed by atoms with van der Waals surface area (Å²) in [4.78, 5) is 25.7. The van der Waals surface area contributed by atoms with Crippen LogP contribution in [0.5, 0.6) is 5.75 Å². The van der Waals surface area contributed by atoms with Crippen LogP contribution in [0.15, 0.2) is 18.2 Å². The minimum Gasteiger partial charge on any atom is -0.508 e. The van der Waals surface area contributed by atoms with Crippen molar-refractivity contribution in [3.8, 4) is 5.75 Å². The van der Waals surface area contributed by atoms with E-state index < -0.39 is 10.8 Å². The Hall–Kier alpha value is -2.15. The quantitative estimate of drug-likeness (QED) is 0.633. The highest BCUT2D eigenvalue weighted by Crippen LogP contribution is 2.24. The second kappa shape index (κ2) is 6.14. The molecule has 19 heavy (non-hydrogen) atoms. The molecule has 1 rings (SSSR count). The number of nitro benzene ring substituents is 1. The van der Waals surface area contributed by atoms with E-state index in [0.29, 0.717) is 13.1 Å². The maximum absolute atomic E-state index is 12.1. The fraction of sp³-hybridized carbons (Fsp3) is 0.417. The van der Waals surface area contributed by atoms with Gasteiger partial charge in [-0.1, -0.05) is 0 Å². The van der Waals surface area contributed by atoms with Crippen LogP contribution in [0.2, 0.25) is 0 Å². The van der Waals surface area contributed by atoms with Crippen molar-refractivity contribution >= 4 is 11.6 Å². The van der Waals surface area contributed by atoms with E-state index in [9.17, 15) is 20.0 Å². The van der Waals surface area contributed by atoms with Crippen molar-refractivity contribution in [1.29, 1.82) is 0 Å². The number of nitro groups is 1. The van der Waals surface area contributed by atoms with Crippen LogP contribution in [-0.2, 0) is 0 Å². The van der Waals surface area contributed by atoms with Crippen molar-refractivity contribution in [1.82, 2.24) is 9.80 Å². The molecule has 1 aromatic carbocycles. The molecule has 0 aliphatic rings. The third kappa shape index (κ3) is 3.92. The zero-order chi connectivity index (χ0) is 14.6. The highest BCUT2D eigenvalue weighted by molar-refractivity contribution is 5.98. The van der Waals surface area contributed by atoms with Crippen molar-refractivity contribution < 1.29 is 14.8 Å². The SMILES string of the molecule is CN(C)CCN(C)C(=O)c1cc(O)ccc1[N+](=O)[O-]. The Morgan fingerprint density at radius 2 is 1.95 bits per heavy atom. The number of carbonyl (C=O) groups excluding carboxylic acids is 1. The van der Waals surface area contributed by atoms with Gasteiger partial charge < -0.3 is 14.9 Å². The van der Waals surface area contributed by atoms with Crippen LogP contribution >= 0.6 is 0 Å². The van der Waals surface area contributed by atoms with E-state index in [1.54, 1.807) is 7.05 Å². The molecule has 0 atom stereocenters. The number of phenolic OH excluding ortho intramolecular Hbond substituents is 1. The number of hydrogen-bond acceptors (Lipinski definition) is 5. The summed E-state index contributed by atoms with van der Waals surface area (Å²) >= 11 is 0. The summed E-state index contributed by atoms with van der Waals surface area (Å²) < 4.78 is 0. The van der Waals surface area contributed by atoms with Gasteiger partial charge in [-0.3, -0.25) is 14.9 Å². The zero-order valence-electron chi connectivity index (χ0n) is 11.2. The second-order valence-electron chi connectivity index (χ2n) is 4.49. The van der Waals surface area contributed by atoms with Gasteiger partial charge in [0.25, 0.3) is 11.6 Å². The lowest BCUT2D eigenvalue weighted by Gasteiger charge is -2.19. The van der Waals surface area contributed by atoms with Crippen LogP contribution in [0.1, 0.15) is 10.4 Å². The molecule has 0 unspecified atom stereocenters. The Kier molecular flexibility index (Phi) is 4.82. The number of likely N-dealkylation sites (N-methyl/N-ethyl adjacent to an activating group) is 2. The predicted molar refractivity (Wildman–Crippen MR) is 70.3 cm³/mol. The second-order valence-corrected chi connectivity index (χ2v) is 4.49. The molecule has 1 N–H and O–H groups in total. The normalized spacial score (nSPS) is 10.5. The first-order valence-electron chi connectivity index (χ1n) is 5.70. The minimum atomic E-state index is -0.632. The zero-order valence-corrected chi connectivity index (χ0v) is 11.2. The van der Waals surface area contributed by atoms with Crippen molar-refractivity contribution in [2.45, 2.75) is 0 Å². The topological polar surface area (TPSA) is 86.9 Å². The molecule has 0 aliphatic heterocycles. The van der Waals surface area contributed by atoms with Crippen molar-refractivity contribution in [3.05, 3.63) is 33.9 Å². The average molecular weight is 267 g/mol. The van der Waals surface area contributed by atoms with Gasteiger partial charge in [-0.05, 0) is 26.2 Å². The molecule has 0 aromatic heterocycles. The molecule has 0 saturated carbocycles. The van der Waals surface area contributed by atoms with Crippen LogP contribution < -0.4 is 0 Å². The number of aromatic hydroxyl groups is 1. The molecule has 1 aromatic rings. The van der Waals surface area contributed by atoms with Gasteiger partial charge in [-0.25, -0.2) is 0 Å². The average Bonchev–Trinajstić information content (AvgIpc) is 2.34. The first-order chi connectivity index (χ1) is 8.82. The summed E-state index contributed by atoms with van der Waals surface area (Å²) in [5.74, 6) is -0.653. The molecule has 0 aliphatic carbocycles. The number of rotatable bonds is 5. The van der Waals surface area contributed by atoms with E-state index in [1.807, 2.05) is 19.0 Å². The van der Waals surface area contributed by atoms with E-state index in [-0.39, 0.29) is 17.0 Å². The van der Waals surface area contributed by atoms with Crippen molar-refractivity contribution in [2.24, 2.45) is 0 Å². The van der Waals surface area contributed by atoms with Crippen LogP contribution in [0.25, 0.3) is 0 Å². The van der Waals surface area contributed by atoms with Gasteiger partial charge in [0.2, 0.25) is 0 Å². The smallest absolute Gasteiger partial charge is 0.282 e. The molecule has 7 nitrogen and oxygen atoms in total. The first-order valence-corrected chi connectivity index (χ1v) is 5.70. The molecule has 0 radical (unpaired) electrons. The lowest BCUT2D eigenvalue weighted by molar-refractivity contribution is -0.385. The number of carbonyl (C=O) groups is 1. The van der Waals surface area contributed by atoms with E-state index in [0.717, 1.165) is 12.1 Å². The van der Waals surface area contributed by atoms with Gasteiger partial charge in [0.1, 0.15) is 11.3 Å². The summed E-state index contributed by atoms with van der Waals surface area (Å²) in [5.41, 5.74) is -0.411. The first kappa shape index (κ1) is 14.9. The van der Waals surface area contributed by atoms with Crippen LogP contribution in [0.3, 0.4) is 0 Å². The van der Waals surface area contributed by atoms with E-state index >= 15 is 0 Å². The highest BCUT2D eigenvalue weighted by atomic mass is 16.6. The number of benzene rings is 1. The lowest BCUT2D eigenvalue weighted by atomic mass is 10.1.